The van der Waals surface area contributed by atoms with Crippen LogP contribution < -0.4 is 4.90 Å². The molecular weight excluding hydrogens is 274 g/mol. The first-order valence-corrected chi connectivity index (χ1v) is 7.19. The lowest BCUT2D eigenvalue weighted by Gasteiger charge is -2.23. The molecule has 0 aliphatic heterocycles. The summed E-state index contributed by atoms with van der Waals surface area (Å²) in [5.41, 5.74) is 1.94. The summed E-state index contributed by atoms with van der Waals surface area (Å²) >= 11 is 1.30. The van der Waals surface area contributed by atoms with E-state index in [-0.39, 0.29) is 5.75 Å². The second kappa shape index (κ2) is 5.96. The second-order valence-electron chi connectivity index (χ2n) is 4.53. The molecule has 0 bridgehead atoms. The van der Waals surface area contributed by atoms with E-state index in [2.05, 4.69) is 4.90 Å². The monoisotopic (exact) mass is 291 g/mol. The summed E-state index contributed by atoms with van der Waals surface area (Å²) in [6.07, 6.45) is 0. The molecule has 0 saturated heterocycles. The van der Waals surface area contributed by atoms with Gasteiger partial charge in [-0.2, -0.15) is 0 Å². The van der Waals surface area contributed by atoms with Gasteiger partial charge in [-0.25, -0.2) is 4.79 Å². The number of hydrogen-bond donors (Lipinski definition) is 2. The Labute approximate surface area is 121 Å². The highest BCUT2D eigenvalue weighted by Gasteiger charge is 2.14. The number of rotatable bonds is 5. The molecule has 0 aliphatic rings. The summed E-state index contributed by atoms with van der Waals surface area (Å²) < 4.78 is 0. The van der Waals surface area contributed by atoms with Gasteiger partial charge in [0.05, 0.1) is 0 Å². The van der Waals surface area contributed by atoms with E-state index in [0.717, 1.165) is 22.7 Å². The number of anilines is 1. The van der Waals surface area contributed by atoms with Gasteiger partial charge in [0.25, 0.3) is 0 Å². The predicted molar refractivity (Wildman–Crippen MR) is 80.8 cm³/mol. The Hall–Kier alpha value is -2.01. The lowest BCUT2D eigenvalue weighted by molar-refractivity contribution is 0.0702. The number of carboxylic acids is 1. The minimum absolute atomic E-state index is 0.231. The van der Waals surface area contributed by atoms with Gasteiger partial charge in [0, 0.05) is 29.7 Å². The predicted octanol–water partition coefficient (Wildman–Crippen LogP) is 3.49. The second-order valence-corrected chi connectivity index (χ2v) is 5.79. The highest BCUT2D eigenvalue weighted by Crippen LogP contribution is 2.26. The fourth-order valence-corrected chi connectivity index (χ4v) is 2.94. The SMILES string of the molecule is CCN(Cc1cc(C(=O)O)sc1C)c1cccc(O)c1. The molecule has 0 atom stereocenters. The largest absolute Gasteiger partial charge is 0.508 e. The highest BCUT2D eigenvalue weighted by atomic mass is 32.1. The van der Waals surface area contributed by atoms with E-state index in [0.29, 0.717) is 11.4 Å². The maximum absolute atomic E-state index is 11.0. The number of aromatic hydroxyl groups is 1. The Kier molecular flexibility index (Phi) is 4.29. The normalized spacial score (nSPS) is 10.5. The summed E-state index contributed by atoms with van der Waals surface area (Å²) in [6.45, 7) is 5.38. The molecule has 0 unspecified atom stereocenters. The number of hydrogen-bond acceptors (Lipinski definition) is 4. The number of benzene rings is 1. The fourth-order valence-electron chi connectivity index (χ4n) is 2.06. The molecule has 1 heterocycles. The maximum atomic E-state index is 11.0. The number of phenolic OH excluding ortho intramolecular Hbond substituents is 1. The van der Waals surface area contributed by atoms with Crippen molar-refractivity contribution < 1.29 is 15.0 Å². The maximum Gasteiger partial charge on any atom is 0.345 e. The number of aryl methyl sites for hydroxylation is 1. The summed E-state index contributed by atoms with van der Waals surface area (Å²) in [7, 11) is 0. The van der Waals surface area contributed by atoms with Crippen molar-refractivity contribution in [3.05, 3.63) is 45.6 Å². The minimum Gasteiger partial charge on any atom is -0.508 e. The first-order chi connectivity index (χ1) is 9.51. The number of carboxylic acid groups (broad SMARTS) is 1. The van der Waals surface area contributed by atoms with E-state index in [1.54, 1.807) is 24.3 Å². The van der Waals surface area contributed by atoms with Crippen LogP contribution in [-0.4, -0.2) is 22.7 Å². The molecule has 0 saturated carbocycles. The zero-order valence-corrected chi connectivity index (χ0v) is 12.3. The van der Waals surface area contributed by atoms with Crippen molar-refractivity contribution in [3.63, 3.8) is 0 Å². The van der Waals surface area contributed by atoms with Crippen molar-refractivity contribution in [2.24, 2.45) is 0 Å². The van der Waals surface area contributed by atoms with Crippen LogP contribution in [-0.2, 0) is 6.54 Å². The molecule has 0 spiro atoms. The van der Waals surface area contributed by atoms with Gasteiger partial charge in [0.15, 0.2) is 0 Å². The lowest BCUT2D eigenvalue weighted by atomic mass is 10.2. The Bertz CT molecular complexity index is 621. The molecule has 2 aromatic rings. The molecule has 2 N–H and O–H groups in total. The van der Waals surface area contributed by atoms with Crippen molar-refractivity contribution in [3.8, 4) is 5.75 Å². The molecule has 0 fully saturated rings. The van der Waals surface area contributed by atoms with Crippen molar-refractivity contribution >= 4 is 23.0 Å². The third-order valence-corrected chi connectivity index (χ3v) is 4.25. The quantitative estimate of drug-likeness (QED) is 0.885. The first-order valence-electron chi connectivity index (χ1n) is 6.38. The van der Waals surface area contributed by atoms with Gasteiger partial charge >= 0.3 is 5.97 Å². The molecule has 0 aliphatic carbocycles. The van der Waals surface area contributed by atoms with Crippen LogP contribution in [0.2, 0.25) is 0 Å². The van der Waals surface area contributed by atoms with Crippen LogP contribution in [0.15, 0.2) is 30.3 Å². The molecule has 1 aromatic heterocycles. The zero-order chi connectivity index (χ0) is 14.7. The third kappa shape index (κ3) is 3.11. The van der Waals surface area contributed by atoms with Crippen LogP contribution in [0.25, 0.3) is 0 Å². The molecular formula is C15H17NO3S. The van der Waals surface area contributed by atoms with E-state index in [9.17, 15) is 9.90 Å². The average Bonchev–Trinajstić information content (AvgIpc) is 2.77. The van der Waals surface area contributed by atoms with Gasteiger partial charge in [-0.1, -0.05) is 6.07 Å². The van der Waals surface area contributed by atoms with E-state index in [1.165, 1.54) is 11.3 Å². The third-order valence-electron chi connectivity index (χ3n) is 3.17. The number of nitrogens with zero attached hydrogens (tertiary/aromatic N) is 1. The van der Waals surface area contributed by atoms with Gasteiger partial charge in [-0.3, -0.25) is 0 Å². The van der Waals surface area contributed by atoms with Crippen LogP contribution in [0, 0.1) is 6.92 Å². The Balaban J connectivity index is 2.24. The van der Waals surface area contributed by atoms with E-state index in [4.69, 9.17) is 5.11 Å². The van der Waals surface area contributed by atoms with Crippen LogP contribution in [0.1, 0.15) is 27.0 Å². The van der Waals surface area contributed by atoms with Crippen LogP contribution in [0.3, 0.4) is 0 Å². The topological polar surface area (TPSA) is 60.8 Å². The van der Waals surface area contributed by atoms with Crippen molar-refractivity contribution in [2.75, 3.05) is 11.4 Å². The van der Waals surface area contributed by atoms with Gasteiger partial charge in [0.2, 0.25) is 0 Å². The molecule has 0 radical (unpaired) electrons. The Morgan fingerprint density at radius 2 is 2.10 bits per heavy atom. The number of phenols is 1. The highest BCUT2D eigenvalue weighted by molar-refractivity contribution is 7.14. The number of aromatic carboxylic acids is 1. The zero-order valence-electron chi connectivity index (χ0n) is 11.5. The summed E-state index contributed by atoms with van der Waals surface area (Å²) in [4.78, 5) is 14.5. The molecule has 4 nitrogen and oxygen atoms in total. The standard InChI is InChI=1S/C15H17NO3S/c1-3-16(12-5-4-6-13(17)8-12)9-11-7-14(15(18)19)20-10(11)2/h4-8,17H,3,9H2,1-2H3,(H,18,19). The van der Waals surface area contributed by atoms with Gasteiger partial charge in [-0.05, 0) is 37.6 Å². The Morgan fingerprint density at radius 1 is 1.35 bits per heavy atom. The number of thiophene rings is 1. The lowest BCUT2D eigenvalue weighted by Crippen LogP contribution is -2.21. The summed E-state index contributed by atoms with van der Waals surface area (Å²) in [5, 5.41) is 18.6. The van der Waals surface area contributed by atoms with E-state index >= 15 is 0 Å². The molecule has 0 amide bonds. The molecule has 20 heavy (non-hydrogen) atoms. The first kappa shape index (κ1) is 14.4. The summed E-state index contributed by atoms with van der Waals surface area (Å²) in [5.74, 6) is -0.654. The minimum atomic E-state index is -0.884. The van der Waals surface area contributed by atoms with Crippen LogP contribution >= 0.6 is 11.3 Å². The van der Waals surface area contributed by atoms with E-state index < -0.39 is 5.97 Å². The smallest absolute Gasteiger partial charge is 0.345 e. The molecule has 1 aromatic carbocycles. The van der Waals surface area contributed by atoms with Crippen molar-refractivity contribution in [1.82, 2.24) is 0 Å². The van der Waals surface area contributed by atoms with Gasteiger partial charge in [-0.15, -0.1) is 11.3 Å². The number of carbonyl (C=O) groups is 1. The van der Waals surface area contributed by atoms with Crippen molar-refractivity contribution in [2.45, 2.75) is 20.4 Å². The van der Waals surface area contributed by atoms with E-state index in [1.807, 2.05) is 19.9 Å². The molecule has 2 rings (SSSR count). The van der Waals surface area contributed by atoms with Gasteiger partial charge in [0.1, 0.15) is 10.6 Å². The van der Waals surface area contributed by atoms with Crippen LogP contribution in [0.5, 0.6) is 5.75 Å². The van der Waals surface area contributed by atoms with Gasteiger partial charge < -0.3 is 15.1 Å². The van der Waals surface area contributed by atoms with Crippen molar-refractivity contribution in [1.29, 1.82) is 0 Å². The summed E-state index contributed by atoms with van der Waals surface area (Å²) in [6, 6.07) is 8.81. The fraction of sp³-hybridized carbons (Fsp3) is 0.267. The average molecular weight is 291 g/mol. The Morgan fingerprint density at radius 3 is 2.65 bits per heavy atom. The van der Waals surface area contributed by atoms with Crippen LogP contribution in [0.4, 0.5) is 5.69 Å². The molecule has 106 valence electrons. The molecule has 5 heteroatoms.